The average Bonchev–Trinajstić information content (AvgIpc) is 2.95. The number of hydrogen-bond donors (Lipinski definition) is 1. The Hall–Kier alpha value is -1.40. The van der Waals surface area contributed by atoms with E-state index >= 15 is 0 Å². The molecule has 0 aromatic carbocycles. The molecule has 0 radical (unpaired) electrons. The SMILES string of the molecule is CCOC(=O)C1CNCCN1C(=O)c1sccc1CC. The van der Waals surface area contributed by atoms with E-state index in [1.54, 1.807) is 11.8 Å². The van der Waals surface area contributed by atoms with Crippen LogP contribution < -0.4 is 5.32 Å². The van der Waals surface area contributed by atoms with E-state index in [0.29, 0.717) is 26.2 Å². The van der Waals surface area contributed by atoms with E-state index in [0.717, 1.165) is 16.9 Å². The predicted molar refractivity (Wildman–Crippen MR) is 78.0 cm³/mol. The van der Waals surface area contributed by atoms with Gasteiger partial charge in [-0.3, -0.25) is 4.79 Å². The molecule has 1 aliphatic rings. The highest BCUT2D eigenvalue weighted by Crippen LogP contribution is 2.21. The van der Waals surface area contributed by atoms with Crippen LogP contribution in [0.2, 0.25) is 0 Å². The van der Waals surface area contributed by atoms with Crippen LogP contribution in [0.3, 0.4) is 0 Å². The zero-order valence-electron chi connectivity index (χ0n) is 11.8. The third-order valence-electron chi connectivity index (χ3n) is 3.38. The van der Waals surface area contributed by atoms with Gasteiger partial charge in [0.1, 0.15) is 6.04 Å². The quantitative estimate of drug-likeness (QED) is 0.851. The summed E-state index contributed by atoms with van der Waals surface area (Å²) in [6.45, 7) is 5.82. The molecule has 6 heteroatoms. The van der Waals surface area contributed by atoms with Gasteiger partial charge in [0.05, 0.1) is 11.5 Å². The molecule has 110 valence electrons. The van der Waals surface area contributed by atoms with Crippen LogP contribution in [0.15, 0.2) is 11.4 Å². The van der Waals surface area contributed by atoms with Crippen molar-refractivity contribution < 1.29 is 14.3 Å². The van der Waals surface area contributed by atoms with Crippen molar-refractivity contribution in [1.29, 1.82) is 0 Å². The molecule has 1 aliphatic heterocycles. The van der Waals surface area contributed by atoms with Crippen molar-refractivity contribution >= 4 is 23.2 Å². The number of esters is 1. The van der Waals surface area contributed by atoms with Gasteiger partial charge in [-0.1, -0.05) is 6.92 Å². The Morgan fingerprint density at radius 2 is 2.30 bits per heavy atom. The molecule has 2 rings (SSSR count). The van der Waals surface area contributed by atoms with Crippen LogP contribution >= 0.6 is 11.3 Å². The first-order valence-corrected chi connectivity index (χ1v) is 7.81. The second kappa shape index (κ2) is 6.85. The number of hydrogen-bond acceptors (Lipinski definition) is 5. The molecule has 1 saturated heterocycles. The van der Waals surface area contributed by atoms with Gasteiger partial charge in [0.15, 0.2) is 0 Å². The first-order chi connectivity index (χ1) is 9.69. The molecule has 1 amide bonds. The van der Waals surface area contributed by atoms with E-state index in [4.69, 9.17) is 4.74 Å². The fourth-order valence-corrected chi connectivity index (χ4v) is 3.28. The lowest BCUT2D eigenvalue weighted by Gasteiger charge is -2.34. The number of aryl methyl sites for hydroxylation is 1. The van der Waals surface area contributed by atoms with Crippen molar-refractivity contribution in [1.82, 2.24) is 10.2 Å². The van der Waals surface area contributed by atoms with Crippen molar-refractivity contribution in [3.63, 3.8) is 0 Å². The lowest BCUT2D eigenvalue weighted by molar-refractivity contribution is -0.149. The van der Waals surface area contributed by atoms with Gasteiger partial charge in [-0.15, -0.1) is 11.3 Å². The minimum Gasteiger partial charge on any atom is -0.464 e. The summed E-state index contributed by atoms with van der Waals surface area (Å²) in [5, 5.41) is 5.07. The van der Waals surface area contributed by atoms with Crippen LogP contribution in [0.1, 0.15) is 29.1 Å². The summed E-state index contributed by atoms with van der Waals surface area (Å²) in [7, 11) is 0. The molecule has 5 nitrogen and oxygen atoms in total. The van der Waals surface area contributed by atoms with Crippen molar-refractivity contribution in [2.24, 2.45) is 0 Å². The Morgan fingerprint density at radius 1 is 1.50 bits per heavy atom. The normalized spacial score (nSPS) is 18.9. The van der Waals surface area contributed by atoms with Gasteiger partial charge in [-0.25, -0.2) is 4.79 Å². The highest BCUT2D eigenvalue weighted by Gasteiger charge is 2.34. The van der Waals surface area contributed by atoms with Crippen LogP contribution in [0.5, 0.6) is 0 Å². The smallest absolute Gasteiger partial charge is 0.330 e. The molecule has 0 spiro atoms. The molecule has 0 saturated carbocycles. The molecule has 0 bridgehead atoms. The number of nitrogens with zero attached hydrogens (tertiary/aromatic N) is 1. The molecular formula is C14H20N2O3S. The lowest BCUT2D eigenvalue weighted by Crippen LogP contribution is -2.57. The second-order valence-corrected chi connectivity index (χ2v) is 5.52. The molecule has 1 aromatic heterocycles. The maximum absolute atomic E-state index is 12.7. The van der Waals surface area contributed by atoms with Crippen LogP contribution in [0.25, 0.3) is 0 Å². The van der Waals surface area contributed by atoms with E-state index in [2.05, 4.69) is 5.32 Å². The average molecular weight is 296 g/mol. The Kier molecular flexibility index (Phi) is 5.14. The van der Waals surface area contributed by atoms with Gasteiger partial charge in [0.2, 0.25) is 0 Å². The summed E-state index contributed by atoms with van der Waals surface area (Å²) >= 11 is 1.44. The Labute approximate surface area is 122 Å². The number of piperazine rings is 1. The zero-order valence-corrected chi connectivity index (χ0v) is 12.7. The standard InChI is InChI=1S/C14H20N2O3S/c1-3-10-5-8-20-12(10)13(17)16-7-6-15-9-11(16)14(18)19-4-2/h5,8,11,15H,3-4,6-7,9H2,1-2H3. The molecule has 1 fully saturated rings. The number of amides is 1. The zero-order chi connectivity index (χ0) is 14.5. The van der Waals surface area contributed by atoms with Gasteiger partial charge < -0.3 is 15.0 Å². The van der Waals surface area contributed by atoms with Crippen molar-refractivity contribution in [3.8, 4) is 0 Å². The molecule has 20 heavy (non-hydrogen) atoms. The van der Waals surface area contributed by atoms with Gasteiger partial charge in [-0.05, 0) is 30.4 Å². The van der Waals surface area contributed by atoms with Crippen LogP contribution in [-0.4, -0.2) is 49.1 Å². The van der Waals surface area contributed by atoms with E-state index < -0.39 is 6.04 Å². The monoisotopic (exact) mass is 296 g/mol. The number of nitrogens with one attached hydrogen (secondary N) is 1. The summed E-state index contributed by atoms with van der Waals surface area (Å²) in [6, 6.07) is 1.45. The maximum atomic E-state index is 12.7. The van der Waals surface area contributed by atoms with Crippen molar-refractivity contribution in [2.45, 2.75) is 26.3 Å². The van der Waals surface area contributed by atoms with Gasteiger partial charge in [0, 0.05) is 19.6 Å². The topological polar surface area (TPSA) is 58.6 Å². The Bertz CT molecular complexity index is 487. The lowest BCUT2D eigenvalue weighted by atomic mass is 10.1. The van der Waals surface area contributed by atoms with Gasteiger partial charge in [-0.2, -0.15) is 0 Å². The van der Waals surface area contributed by atoms with Crippen molar-refractivity contribution in [2.75, 3.05) is 26.2 Å². The van der Waals surface area contributed by atoms with Gasteiger partial charge >= 0.3 is 5.97 Å². The fraction of sp³-hybridized carbons (Fsp3) is 0.571. The number of ether oxygens (including phenoxy) is 1. The highest BCUT2D eigenvalue weighted by molar-refractivity contribution is 7.12. The van der Waals surface area contributed by atoms with Crippen LogP contribution in [0, 0.1) is 0 Å². The molecule has 1 aromatic rings. The number of thiophene rings is 1. The van der Waals surface area contributed by atoms with Crippen molar-refractivity contribution in [3.05, 3.63) is 21.9 Å². The first kappa shape index (κ1) is 15.0. The van der Waals surface area contributed by atoms with E-state index in [9.17, 15) is 9.59 Å². The number of carbonyl (C=O) groups is 2. The van der Waals surface area contributed by atoms with E-state index in [1.165, 1.54) is 11.3 Å². The molecule has 1 N–H and O–H groups in total. The maximum Gasteiger partial charge on any atom is 0.330 e. The third kappa shape index (κ3) is 3.02. The van der Waals surface area contributed by atoms with E-state index in [-0.39, 0.29) is 11.9 Å². The summed E-state index contributed by atoms with van der Waals surface area (Å²) < 4.78 is 5.07. The number of rotatable bonds is 4. The van der Waals surface area contributed by atoms with E-state index in [1.807, 2.05) is 18.4 Å². The summed E-state index contributed by atoms with van der Waals surface area (Å²) in [4.78, 5) is 27.0. The predicted octanol–water partition coefficient (Wildman–Crippen LogP) is 1.29. The van der Waals surface area contributed by atoms with Crippen LogP contribution in [-0.2, 0) is 16.0 Å². The summed E-state index contributed by atoms with van der Waals surface area (Å²) in [6.07, 6.45) is 0.820. The molecule has 1 unspecified atom stereocenters. The minimum absolute atomic E-state index is 0.0589. The Balaban J connectivity index is 2.19. The fourth-order valence-electron chi connectivity index (χ4n) is 2.33. The summed E-state index contributed by atoms with van der Waals surface area (Å²) in [5.74, 6) is -0.390. The third-order valence-corrected chi connectivity index (χ3v) is 4.33. The molecular weight excluding hydrogens is 276 g/mol. The molecule has 1 atom stereocenters. The molecule has 2 heterocycles. The van der Waals surface area contributed by atoms with Crippen LogP contribution in [0.4, 0.5) is 0 Å². The van der Waals surface area contributed by atoms with Gasteiger partial charge in [0.25, 0.3) is 5.91 Å². The molecule has 0 aliphatic carbocycles. The highest BCUT2D eigenvalue weighted by atomic mass is 32.1. The minimum atomic E-state index is -0.525. The largest absolute Gasteiger partial charge is 0.464 e. The second-order valence-electron chi connectivity index (χ2n) is 4.60. The number of carbonyl (C=O) groups excluding carboxylic acids is 2. The summed E-state index contributed by atoms with van der Waals surface area (Å²) in [5.41, 5.74) is 1.04. The first-order valence-electron chi connectivity index (χ1n) is 6.93. The Morgan fingerprint density at radius 3 is 3.00 bits per heavy atom.